The van der Waals surface area contributed by atoms with Crippen molar-refractivity contribution in [2.45, 2.75) is 13.5 Å². The zero-order chi connectivity index (χ0) is 10.0. The second kappa shape index (κ2) is 4.20. The van der Waals surface area contributed by atoms with E-state index < -0.39 is 0 Å². The molecule has 0 aliphatic carbocycles. The first-order chi connectivity index (χ1) is 6.00. The average Bonchev–Trinajstić information content (AvgIpc) is 1.99. The lowest BCUT2D eigenvalue weighted by molar-refractivity contribution is 0.392. The number of nitrogens with zero attached hydrogens (tertiary/aromatic N) is 1. The lowest BCUT2D eigenvalue weighted by Gasteiger charge is -2.11. The van der Waals surface area contributed by atoms with Crippen LogP contribution in [0.1, 0.15) is 11.1 Å². The number of aryl methyl sites for hydroxylation is 1. The molecule has 0 amide bonds. The monoisotopic (exact) mass is 245 g/mol. The summed E-state index contributed by atoms with van der Waals surface area (Å²) in [5.41, 5.74) is 1.81. The summed E-state index contributed by atoms with van der Waals surface area (Å²) in [5, 5.41) is 0. The molecule has 3 heteroatoms. The fourth-order valence-corrected chi connectivity index (χ4v) is 1.49. The molecule has 72 valence electrons. The van der Waals surface area contributed by atoms with Crippen LogP contribution in [0.25, 0.3) is 0 Å². The molecule has 13 heavy (non-hydrogen) atoms. The maximum atomic E-state index is 13.3. The smallest absolute Gasteiger partial charge is 0.128 e. The molecular formula is C10H13BrFN. The van der Waals surface area contributed by atoms with Gasteiger partial charge in [-0.05, 0) is 32.6 Å². The second-order valence-electron chi connectivity index (χ2n) is 3.43. The fraction of sp³-hybridized carbons (Fsp3) is 0.400. The Labute approximate surface area is 86.7 Å². The van der Waals surface area contributed by atoms with Crippen molar-refractivity contribution in [1.29, 1.82) is 0 Å². The molecule has 0 heterocycles. The molecule has 0 bridgehead atoms. The van der Waals surface area contributed by atoms with Crippen LogP contribution in [0, 0.1) is 12.7 Å². The van der Waals surface area contributed by atoms with Gasteiger partial charge in [-0.2, -0.15) is 0 Å². The van der Waals surface area contributed by atoms with E-state index in [4.69, 9.17) is 0 Å². The Morgan fingerprint density at radius 3 is 2.54 bits per heavy atom. The summed E-state index contributed by atoms with van der Waals surface area (Å²) < 4.78 is 14.2. The Kier molecular flexibility index (Phi) is 3.45. The van der Waals surface area contributed by atoms with Crippen LogP contribution in [0.2, 0.25) is 0 Å². The number of hydrogen-bond acceptors (Lipinski definition) is 1. The van der Waals surface area contributed by atoms with Gasteiger partial charge in [0.15, 0.2) is 0 Å². The van der Waals surface area contributed by atoms with Gasteiger partial charge in [-0.15, -0.1) is 0 Å². The van der Waals surface area contributed by atoms with E-state index in [0.717, 1.165) is 15.6 Å². The van der Waals surface area contributed by atoms with Crippen LogP contribution >= 0.6 is 15.9 Å². The number of rotatable bonds is 2. The summed E-state index contributed by atoms with van der Waals surface area (Å²) in [6, 6.07) is 3.40. The zero-order valence-corrected chi connectivity index (χ0v) is 9.65. The van der Waals surface area contributed by atoms with Crippen molar-refractivity contribution in [1.82, 2.24) is 4.90 Å². The highest BCUT2D eigenvalue weighted by Gasteiger charge is 2.06. The molecule has 0 radical (unpaired) electrons. The topological polar surface area (TPSA) is 3.24 Å². The van der Waals surface area contributed by atoms with Crippen LogP contribution in [0.15, 0.2) is 16.6 Å². The molecule has 0 aliphatic heterocycles. The molecule has 0 saturated heterocycles. The van der Waals surface area contributed by atoms with Crippen LogP contribution in [0.4, 0.5) is 4.39 Å². The molecule has 1 rings (SSSR count). The number of halogens is 2. The highest BCUT2D eigenvalue weighted by atomic mass is 79.9. The van der Waals surface area contributed by atoms with E-state index in [1.54, 1.807) is 0 Å². The van der Waals surface area contributed by atoms with Gasteiger partial charge >= 0.3 is 0 Å². The van der Waals surface area contributed by atoms with Crippen molar-refractivity contribution in [2.24, 2.45) is 0 Å². The maximum Gasteiger partial charge on any atom is 0.128 e. The SMILES string of the molecule is Cc1cc(CN(C)C)c(F)cc1Br. The Bertz CT molecular complexity index is 310. The van der Waals surface area contributed by atoms with Gasteiger partial charge in [0.2, 0.25) is 0 Å². The van der Waals surface area contributed by atoms with Crippen LogP contribution in [-0.4, -0.2) is 19.0 Å². The van der Waals surface area contributed by atoms with Gasteiger partial charge < -0.3 is 4.90 Å². The Morgan fingerprint density at radius 1 is 1.38 bits per heavy atom. The minimum atomic E-state index is -0.147. The molecule has 0 aliphatic rings. The third kappa shape index (κ3) is 2.78. The molecule has 0 aromatic heterocycles. The predicted molar refractivity (Wildman–Crippen MR) is 56.2 cm³/mol. The molecule has 0 unspecified atom stereocenters. The van der Waals surface area contributed by atoms with Crippen molar-refractivity contribution in [3.05, 3.63) is 33.5 Å². The van der Waals surface area contributed by atoms with Gasteiger partial charge in [-0.25, -0.2) is 4.39 Å². The summed E-state index contributed by atoms with van der Waals surface area (Å²) in [6.07, 6.45) is 0. The first-order valence-corrected chi connectivity index (χ1v) is 4.89. The van der Waals surface area contributed by atoms with Crippen LogP contribution in [-0.2, 0) is 6.54 Å². The highest BCUT2D eigenvalue weighted by molar-refractivity contribution is 9.10. The third-order valence-electron chi connectivity index (χ3n) is 1.81. The fourth-order valence-electron chi connectivity index (χ4n) is 1.18. The standard InChI is InChI=1S/C10H13BrFN/c1-7-4-8(6-13(2)3)10(12)5-9(7)11/h4-5H,6H2,1-3H3. The molecule has 0 N–H and O–H groups in total. The average molecular weight is 246 g/mol. The van der Waals surface area contributed by atoms with Gasteiger partial charge in [0.1, 0.15) is 5.82 Å². The van der Waals surface area contributed by atoms with E-state index in [0.29, 0.717) is 6.54 Å². The Balaban J connectivity index is 3.01. The molecule has 1 aromatic carbocycles. The summed E-state index contributed by atoms with van der Waals surface area (Å²) in [7, 11) is 3.85. The van der Waals surface area contributed by atoms with Crippen LogP contribution in [0.5, 0.6) is 0 Å². The van der Waals surface area contributed by atoms with Crippen molar-refractivity contribution in [3.63, 3.8) is 0 Å². The minimum Gasteiger partial charge on any atom is -0.305 e. The van der Waals surface area contributed by atoms with Gasteiger partial charge in [0.25, 0.3) is 0 Å². The van der Waals surface area contributed by atoms with Crippen molar-refractivity contribution < 1.29 is 4.39 Å². The van der Waals surface area contributed by atoms with Crippen LogP contribution in [0.3, 0.4) is 0 Å². The van der Waals surface area contributed by atoms with E-state index in [1.165, 1.54) is 6.07 Å². The zero-order valence-electron chi connectivity index (χ0n) is 8.06. The normalized spacial score (nSPS) is 10.9. The molecule has 0 saturated carbocycles. The quantitative estimate of drug-likeness (QED) is 0.775. The van der Waals surface area contributed by atoms with E-state index in [9.17, 15) is 4.39 Å². The largest absolute Gasteiger partial charge is 0.305 e. The second-order valence-corrected chi connectivity index (χ2v) is 4.28. The van der Waals surface area contributed by atoms with Crippen molar-refractivity contribution >= 4 is 15.9 Å². The van der Waals surface area contributed by atoms with Gasteiger partial charge in [-0.3, -0.25) is 0 Å². The molecule has 1 nitrogen and oxygen atoms in total. The summed E-state index contributed by atoms with van der Waals surface area (Å²) in [6.45, 7) is 2.60. The van der Waals surface area contributed by atoms with Crippen molar-refractivity contribution in [2.75, 3.05) is 14.1 Å². The van der Waals surface area contributed by atoms with Crippen molar-refractivity contribution in [3.8, 4) is 0 Å². The lowest BCUT2D eigenvalue weighted by atomic mass is 10.1. The molecule has 0 atom stereocenters. The van der Waals surface area contributed by atoms with E-state index in [-0.39, 0.29) is 5.82 Å². The molecule has 0 fully saturated rings. The highest BCUT2D eigenvalue weighted by Crippen LogP contribution is 2.20. The van der Waals surface area contributed by atoms with Gasteiger partial charge in [0.05, 0.1) is 0 Å². The Morgan fingerprint density at radius 2 is 2.00 bits per heavy atom. The maximum absolute atomic E-state index is 13.3. The van der Waals surface area contributed by atoms with Crippen LogP contribution < -0.4 is 0 Å². The third-order valence-corrected chi connectivity index (χ3v) is 2.67. The lowest BCUT2D eigenvalue weighted by Crippen LogP contribution is -2.12. The first-order valence-electron chi connectivity index (χ1n) is 4.10. The van der Waals surface area contributed by atoms with E-state index in [1.807, 2.05) is 32.0 Å². The summed E-state index contributed by atoms with van der Waals surface area (Å²) in [4.78, 5) is 1.95. The van der Waals surface area contributed by atoms with E-state index >= 15 is 0 Å². The first kappa shape index (κ1) is 10.7. The molecule has 1 aromatic rings. The Hall–Kier alpha value is -0.410. The molecule has 0 spiro atoms. The van der Waals surface area contributed by atoms with E-state index in [2.05, 4.69) is 15.9 Å². The van der Waals surface area contributed by atoms with Gasteiger partial charge in [-0.1, -0.05) is 22.0 Å². The summed E-state index contributed by atoms with van der Waals surface area (Å²) in [5.74, 6) is -0.147. The molecular weight excluding hydrogens is 233 g/mol. The summed E-state index contributed by atoms with van der Waals surface area (Å²) >= 11 is 3.29. The van der Waals surface area contributed by atoms with Gasteiger partial charge in [0, 0.05) is 16.6 Å². The number of benzene rings is 1. The predicted octanol–water partition coefficient (Wildman–Crippen LogP) is 2.96. The minimum absolute atomic E-state index is 0.147. The number of hydrogen-bond donors (Lipinski definition) is 0.